The summed E-state index contributed by atoms with van der Waals surface area (Å²) < 4.78 is 6.64. The number of hydrogen-bond acceptors (Lipinski definition) is 2. The second kappa shape index (κ2) is 3.97. The average molecular weight is 268 g/mol. The molecule has 0 radical (unpaired) electrons. The van der Waals surface area contributed by atoms with Gasteiger partial charge in [0.25, 0.3) is 0 Å². The van der Waals surface area contributed by atoms with Crippen LogP contribution in [0.2, 0.25) is 0 Å². The third kappa shape index (κ3) is 2.81. The Kier molecular flexibility index (Phi) is 2.83. The molecule has 0 fully saturated rings. The van der Waals surface area contributed by atoms with E-state index < -0.39 is 0 Å². The molecule has 0 saturated carbocycles. The monoisotopic (exact) mass is 267 g/mol. The molecule has 0 spiro atoms. The lowest BCUT2D eigenvalue weighted by Crippen LogP contribution is -2.17. The predicted molar refractivity (Wildman–Crippen MR) is 65.3 cm³/mol. The third-order valence-corrected chi connectivity index (χ3v) is 2.76. The van der Waals surface area contributed by atoms with Gasteiger partial charge in [0.1, 0.15) is 6.61 Å². The van der Waals surface area contributed by atoms with Gasteiger partial charge in [0.05, 0.1) is 5.54 Å². The van der Waals surface area contributed by atoms with Crippen LogP contribution in [-0.2, 0) is 11.2 Å². The Morgan fingerprint density at radius 1 is 1.47 bits per heavy atom. The first-order valence-electron chi connectivity index (χ1n) is 5.01. The number of ether oxygens (including phenoxy) is 1. The van der Waals surface area contributed by atoms with Gasteiger partial charge in [0, 0.05) is 10.9 Å². The van der Waals surface area contributed by atoms with E-state index >= 15 is 0 Å². The SMILES string of the molecule is CC1(C)COC(Cc2cccc(Br)c2)=N1. The Bertz CT molecular complexity index is 398. The average Bonchev–Trinajstić information content (AvgIpc) is 2.45. The lowest BCUT2D eigenvalue weighted by Gasteiger charge is -2.07. The van der Waals surface area contributed by atoms with E-state index in [1.807, 2.05) is 12.1 Å². The van der Waals surface area contributed by atoms with Gasteiger partial charge in [-0.15, -0.1) is 0 Å². The molecule has 2 nitrogen and oxygen atoms in total. The van der Waals surface area contributed by atoms with Crippen LogP contribution < -0.4 is 0 Å². The summed E-state index contributed by atoms with van der Waals surface area (Å²) in [5, 5.41) is 0. The third-order valence-electron chi connectivity index (χ3n) is 2.26. The fraction of sp³-hybridized carbons (Fsp3) is 0.417. The quantitative estimate of drug-likeness (QED) is 0.807. The van der Waals surface area contributed by atoms with Crippen LogP contribution in [0.3, 0.4) is 0 Å². The number of halogens is 1. The second-order valence-electron chi connectivity index (χ2n) is 4.41. The van der Waals surface area contributed by atoms with Crippen LogP contribution in [-0.4, -0.2) is 18.0 Å². The highest BCUT2D eigenvalue weighted by Gasteiger charge is 2.25. The van der Waals surface area contributed by atoms with Crippen molar-refractivity contribution in [1.29, 1.82) is 0 Å². The van der Waals surface area contributed by atoms with Crippen LogP contribution in [0.4, 0.5) is 0 Å². The molecule has 1 aliphatic heterocycles. The van der Waals surface area contributed by atoms with E-state index in [2.05, 4.69) is 46.9 Å². The van der Waals surface area contributed by atoms with Gasteiger partial charge in [0.15, 0.2) is 5.90 Å². The van der Waals surface area contributed by atoms with Crippen molar-refractivity contribution >= 4 is 21.8 Å². The van der Waals surface area contributed by atoms with Crippen molar-refractivity contribution in [1.82, 2.24) is 0 Å². The van der Waals surface area contributed by atoms with Gasteiger partial charge >= 0.3 is 0 Å². The van der Waals surface area contributed by atoms with Crippen molar-refractivity contribution in [2.24, 2.45) is 4.99 Å². The summed E-state index contributed by atoms with van der Waals surface area (Å²) >= 11 is 3.45. The van der Waals surface area contributed by atoms with Crippen molar-refractivity contribution in [3.63, 3.8) is 0 Å². The molecule has 0 unspecified atom stereocenters. The number of aliphatic imine (C=N–C) groups is 1. The maximum atomic E-state index is 5.55. The van der Waals surface area contributed by atoms with Gasteiger partial charge in [-0.2, -0.15) is 0 Å². The number of benzene rings is 1. The lowest BCUT2D eigenvalue weighted by atomic mass is 10.1. The second-order valence-corrected chi connectivity index (χ2v) is 5.33. The zero-order chi connectivity index (χ0) is 10.9. The van der Waals surface area contributed by atoms with Crippen LogP contribution >= 0.6 is 15.9 Å². The first kappa shape index (κ1) is 10.7. The molecule has 1 heterocycles. The summed E-state index contributed by atoms with van der Waals surface area (Å²) in [7, 11) is 0. The predicted octanol–water partition coefficient (Wildman–Crippen LogP) is 3.20. The maximum absolute atomic E-state index is 5.55. The largest absolute Gasteiger partial charge is 0.478 e. The molecular weight excluding hydrogens is 254 g/mol. The molecule has 3 heteroatoms. The van der Waals surface area contributed by atoms with E-state index in [-0.39, 0.29) is 5.54 Å². The molecule has 0 N–H and O–H groups in total. The molecule has 0 aromatic heterocycles. The van der Waals surface area contributed by atoms with Gasteiger partial charge in [-0.3, -0.25) is 0 Å². The molecular formula is C12H14BrNO. The fourth-order valence-corrected chi connectivity index (χ4v) is 2.02. The van der Waals surface area contributed by atoms with Gasteiger partial charge in [-0.1, -0.05) is 28.1 Å². The Balaban J connectivity index is 2.10. The van der Waals surface area contributed by atoms with E-state index in [1.54, 1.807) is 0 Å². The minimum Gasteiger partial charge on any atom is -0.478 e. The first-order chi connectivity index (χ1) is 7.05. The van der Waals surface area contributed by atoms with E-state index in [4.69, 9.17) is 4.74 Å². The van der Waals surface area contributed by atoms with Gasteiger partial charge in [-0.05, 0) is 31.5 Å². The molecule has 1 aromatic carbocycles. The molecule has 0 amide bonds. The van der Waals surface area contributed by atoms with Crippen molar-refractivity contribution in [3.05, 3.63) is 34.3 Å². The van der Waals surface area contributed by atoms with E-state index in [1.165, 1.54) is 5.56 Å². The molecule has 2 rings (SSSR count). The molecule has 1 aliphatic rings. The minimum atomic E-state index is -0.0542. The van der Waals surface area contributed by atoms with Gasteiger partial charge in [0.2, 0.25) is 0 Å². The van der Waals surface area contributed by atoms with Crippen molar-refractivity contribution < 1.29 is 4.74 Å². The normalized spacial score (nSPS) is 18.5. The Morgan fingerprint density at radius 3 is 2.87 bits per heavy atom. The van der Waals surface area contributed by atoms with E-state index in [0.29, 0.717) is 6.61 Å². The molecule has 15 heavy (non-hydrogen) atoms. The highest BCUT2D eigenvalue weighted by atomic mass is 79.9. The summed E-state index contributed by atoms with van der Waals surface area (Å²) in [5.41, 5.74) is 1.17. The van der Waals surface area contributed by atoms with Crippen molar-refractivity contribution in [2.45, 2.75) is 25.8 Å². The van der Waals surface area contributed by atoms with Crippen LogP contribution in [0.25, 0.3) is 0 Å². The molecule has 0 aliphatic carbocycles. The first-order valence-corrected chi connectivity index (χ1v) is 5.80. The van der Waals surface area contributed by atoms with Crippen molar-refractivity contribution in [3.8, 4) is 0 Å². The lowest BCUT2D eigenvalue weighted by molar-refractivity contribution is 0.275. The van der Waals surface area contributed by atoms with Crippen LogP contribution in [0.1, 0.15) is 19.4 Å². The van der Waals surface area contributed by atoms with Crippen LogP contribution in [0, 0.1) is 0 Å². The molecule has 0 atom stereocenters. The van der Waals surface area contributed by atoms with E-state index in [9.17, 15) is 0 Å². The van der Waals surface area contributed by atoms with Gasteiger partial charge < -0.3 is 4.74 Å². The number of rotatable bonds is 2. The standard InChI is InChI=1S/C12H14BrNO/c1-12(2)8-15-11(14-12)7-9-4-3-5-10(13)6-9/h3-6H,7-8H2,1-2H3. The van der Waals surface area contributed by atoms with Gasteiger partial charge in [-0.25, -0.2) is 4.99 Å². The minimum absolute atomic E-state index is 0.0542. The summed E-state index contributed by atoms with van der Waals surface area (Å²) in [5.74, 6) is 0.845. The van der Waals surface area contributed by atoms with Crippen LogP contribution in [0.5, 0.6) is 0 Å². The number of hydrogen-bond donors (Lipinski definition) is 0. The Hall–Kier alpha value is -0.830. The number of nitrogens with zero attached hydrogens (tertiary/aromatic N) is 1. The van der Waals surface area contributed by atoms with Crippen LogP contribution in [0.15, 0.2) is 33.7 Å². The molecule has 0 saturated heterocycles. The molecule has 1 aromatic rings. The molecule has 0 bridgehead atoms. The Morgan fingerprint density at radius 2 is 2.27 bits per heavy atom. The zero-order valence-corrected chi connectivity index (χ0v) is 10.5. The topological polar surface area (TPSA) is 21.6 Å². The molecule has 80 valence electrons. The summed E-state index contributed by atoms with van der Waals surface area (Å²) in [6.45, 7) is 4.86. The summed E-state index contributed by atoms with van der Waals surface area (Å²) in [6.07, 6.45) is 0.781. The van der Waals surface area contributed by atoms with E-state index in [0.717, 1.165) is 16.8 Å². The summed E-state index contributed by atoms with van der Waals surface area (Å²) in [4.78, 5) is 4.52. The van der Waals surface area contributed by atoms with Crippen molar-refractivity contribution in [2.75, 3.05) is 6.61 Å². The highest BCUT2D eigenvalue weighted by molar-refractivity contribution is 9.10. The summed E-state index contributed by atoms with van der Waals surface area (Å²) in [6, 6.07) is 8.23. The Labute approximate surface area is 98.5 Å². The highest BCUT2D eigenvalue weighted by Crippen LogP contribution is 2.20. The zero-order valence-electron chi connectivity index (χ0n) is 8.96. The fourth-order valence-electron chi connectivity index (χ4n) is 1.57. The smallest absolute Gasteiger partial charge is 0.188 e. The maximum Gasteiger partial charge on any atom is 0.188 e.